The molecule has 0 spiro atoms. The van der Waals surface area contributed by atoms with Gasteiger partial charge in [-0.15, -0.1) is 0 Å². The molecule has 7 nitrogen and oxygen atoms in total. The van der Waals surface area contributed by atoms with E-state index in [1.54, 1.807) is 12.1 Å². The molecule has 1 amide bonds. The van der Waals surface area contributed by atoms with Crippen molar-refractivity contribution in [3.63, 3.8) is 0 Å². The van der Waals surface area contributed by atoms with E-state index in [0.29, 0.717) is 21.1 Å². The van der Waals surface area contributed by atoms with E-state index in [2.05, 4.69) is 26.2 Å². The Balaban J connectivity index is 1.40. The van der Waals surface area contributed by atoms with Crippen molar-refractivity contribution < 1.29 is 14.5 Å². The zero-order valence-corrected chi connectivity index (χ0v) is 17.8. The van der Waals surface area contributed by atoms with E-state index in [1.807, 2.05) is 42.5 Å². The zero-order chi connectivity index (χ0) is 21.1. The number of carbonyl (C=O) groups excluding carboxylic acids is 1. The van der Waals surface area contributed by atoms with Gasteiger partial charge in [-0.1, -0.05) is 47.7 Å². The van der Waals surface area contributed by atoms with Crippen LogP contribution in [0.3, 0.4) is 0 Å². The Kier molecular flexibility index (Phi) is 5.73. The van der Waals surface area contributed by atoms with Gasteiger partial charge in [-0.2, -0.15) is 0 Å². The molecule has 150 valence electrons. The van der Waals surface area contributed by atoms with E-state index in [0.717, 1.165) is 15.6 Å². The van der Waals surface area contributed by atoms with Crippen LogP contribution in [0, 0.1) is 10.1 Å². The molecule has 0 bridgehead atoms. The molecule has 1 aromatic heterocycles. The average Bonchev–Trinajstić information content (AvgIpc) is 3.14. The molecule has 1 N–H and O–H groups in total. The van der Waals surface area contributed by atoms with Crippen LogP contribution in [-0.4, -0.2) is 22.4 Å². The van der Waals surface area contributed by atoms with Gasteiger partial charge in [0.15, 0.2) is 11.7 Å². The Morgan fingerprint density at radius 2 is 1.90 bits per heavy atom. The van der Waals surface area contributed by atoms with Gasteiger partial charge >= 0.3 is 0 Å². The molecule has 1 heterocycles. The maximum atomic E-state index is 12.2. The molecule has 0 saturated heterocycles. The van der Waals surface area contributed by atoms with E-state index in [9.17, 15) is 14.9 Å². The summed E-state index contributed by atoms with van der Waals surface area (Å²) >= 11 is 4.65. The quantitative estimate of drug-likeness (QED) is 0.282. The number of halogens is 1. The molecule has 0 aliphatic carbocycles. The number of thiazole rings is 1. The van der Waals surface area contributed by atoms with Gasteiger partial charge in [-0.25, -0.2) is 4.98 Å². The van der Waals surface area contributed by atoms with Crippen LogP contribution < -0.4 is 10.1 Å². The third kappa shape index (κ3) is 4.47. The second-order valence-electron chi connectivity index (χ2n) is 6.28. The fourth-order valence-corrected chi connectivity index (χ4v) is 4.22. The second-order valence-corrected chi connectivity index (χ2v) is 8.16. The largest absolute Gasteiger partial charge is 0.483 e. The van der Waals surface area contributed by atoms with Gasteiger partial charge in [0.1, 0.15) is 5.75 Å². The van der Waals surface area contributed by atoms with Crippen molar-refractivity contribution in [2.75, 3.05) is 11.9 Å². The van der Waals surface area contributed by atoms with Crippen molar-refractivity contribution in [2.24, 2.45) is 0 Å². The summed E-state index contributed by atoms with van der Waals surface area (Å²) in [7, 11) is 0. The number of ether oxygens (including phenoxy) is 1. The first kappa shape index (κ1) is 20.0. The van der Waals surface area contributed by atoms with Gasteiger partial charge in [-0.3, -0.25) is 20.2 Å². The highest BCUT2D eigenvalue weighted by Crippen LogP contribution is 2.31. The minimum absolute atomic E-state index is 0.0174. The van der Waals surface area contributed by atoms with Gasteiger partial charge in [0.25, 0.3) is 11.6 Å². The molecule has 0 saturated carbocycles. The number of anilines is 1. The van der Waals surface area contributed by atoms with Gasteiger partial charge in [0.05, 0.1) is 19.6 Å². The summed E-state index contributed by atoms with van der Waals surface area (Å²) in [6.07, 6.45) is 0. The first-order chi connectivity index (χ1) is 14.5. The second kappa shape index (κ2) is 8.60. The van der Waals surface area contributed by atoms with Crippen molar-refractivity contribution in [2.45, 2.75) is 0 Å². The predicted molar refractivity (Wildman–Crippen MR) is 120 cm³/mol. The Hall–Kier alpha value is -3.30. The Labute approximate surface area is 183 Å². The highest BCUT2D eigenvalue weighted by atomic mass is 79.9. The van der Waals surface area contributed by atoms with Crippen LogP contribution >= 0.6 is 27.3 Å². The summed E-state index contributed by atoms with van der Waals surface area (Å²) in [6.45, 7) is -0.195. The number of non-ortho nitro benzene ring substituents is 1. The number of nitro benzene ring substituents is 1. The van der Waals surface area contributed by atoms with Crippen LogP contribution in [0.15, 0.2) is 71.2 Å². The number of nitrogens with one attached hydrogen (secondary N) is 1. The van der Waals surface area contributed by atoms with Crippen molar-refractivity contribution in [1.29, 1.82) is 0 Å². The third-order valence-corrected chi connectivity index (χ3v) is 5.78. The molecule has 4 aromatic rings. The third-order valence-electron chi connectivity index (χ3n) is 4.23. The van der Waals surface area contributed by atoms with Crippen LogP contribution in [0.1, 0.15) is 0 Å². The lowest BCUT2D eigenvalue weighted by Gasteiger charge is -2.09. The summed E-state index contributed by atoms with van der Waals surface area (Å²) in [5, 5.41) is 13.9. The molecular weight excluding hydrogens is 470 g/mol. The minimum atomic E-state index is -0.466. The van der Waals surface area contributed by atoms with E-state index in [-0.39, 0.29) is 18.2 Å². The van der Waals surface area contributed by atoms with Crippen LogP contribution in [0.2, 0.25) is 0 Å². The number of benzene rings is 3. The average molecular weight is 484 g/mol. The zero-order valence-electron chi connectivity index (χ0n) is 15.4. The van der Waals surface area contributed by atoms with E-state index in [1.165, 1.54) is 23.5 Å². The molecule has 4 rings (SSSR count). The summed E-state index contributed by atoms with van der Waals surface area (Å²) in [4.78, 5) is 26.9. The lowest BCUT2D eigenvalue weighted by atomic mass is 10.1. The molecule has 0 radical (unpaired) electrons. The first-order valence-electron chi connectivity index (χ1n) is 8.82. The Morgan fingerprint density at radius 3 is 2.63 bits per heavy atom. The number of fused-ring (bicyclic) bond motifs is 1. The maximum absolute atomic E-state index is 12.2. The fraction of sp³-hybridized carbons (Fsp3) is 0.0476. The number of rotatable bonds is 6. The standard InChI is InChI=1S/C21H14BrN3O4S/c22-16-10-14(13-4-2-1-3-5-13)6-9-18(16)29-12-20(26)24-21-23-17-8-7-15(25(27)28)11-19(17)30-21/h1-11H,12H2,(H,23,24,26). The SMILES string of the molecule is O=C(COc1ccc(-c2ccccc2)cc1Br)Nc1nc2ccc([N+](=O)[O-])cc2s1. The number of hydrogen-bond donors (Lipinski definition) is 1. The van der Waals surface area contributed by atoms with E-state index < -0.39 is 4.92 Å². The molecule has 9 heteroatoms. The van der Waals surface area contributed by atoms with Crippen molar-refractivity contribution in [3.8, 4) is 16.9 Å². The summed E-state index contributed by atoms with van der Waals surface area (Å²) in [6, 6.07) is 20.0. The monoisotopic (exact) mass is 483 g/mol. The topological polar surface area (TPSA) is 94.4 Å². The highest BCUT2D eigenvalue weighted by Gasteiger charge is 2.13. The molecule has 0 aliphatic rings. The fourth-order valence-electron chi connectivity index (χ4n) is 2.81. The Morgan fingerprint density at radius 1 is 1.10 bits per heavy atom. The Bertz CT molecular complexity index is 1240. The molecule has 0 fully saturated rings. The summed E-state index contributed by atoms with van der Waals surface area (Å²) < 4.78 is 6.98. The van der Waals surface area contributed by atoms with Crippen molar-refractivity contribution in [3.05, 3.63) is 81.3 Å². The van der Waals surface area contributed by atoms with Gasteiger partial charge in [0.2, 0.25) is 0 Å². The van der Waals surface area contributed by atoms with Crippen LogP contribution in [0.25, 0.3) is 21.3 Å². The lowest BCUT2D eigenvalue weighted by Crippen LogP contribution is -2.20. The van der Waals surface area contributed by atoms with Gasteiger partial charge in [-0.05, 0) is 45.3 Å². The molecule has 0 aliphatic heterocycles. The number of nitrogens with zero attached hydrogens (tertiary/aromatic N) is 2. The van der Waals surface area contributed by atoms with Crippen molar-refractivity contribution in [1.82, 2.24) is 4.98 Å². The molecule has 3 aromatic carbocycles. The first-order valence-corrected chi connectivity index (χ1v) is 10.4. The van der Waals surface area contributed by atoms with Gasteiger partial charge < -0.3 is 4.74 Å². The summed E-state index contributed by atoms with van der Waals surface area (Å²) in [5.41, 5.74) is 2.68. The van der Waals surface area contributed by atoms with Crippen molar-refractivity contribution >= 4 is 54.2 Å². The molecule has 0 atom stereocenters. The number of carbonyl (C=O) groups is 1. The smallest absolute Gasteiger partial charge is 0.270 e. The highest BCUT2D eigenvalue weighted by molar-refractivity contribution is 9.10. The predicted octanol–water partition coefficient (Wildman–Crippen LogP) is 5.65. The van der Waals surface area contributed by atoms with Gasteiger partial charge in [0, 0.05) is 12.1 Å². The number of nitro groups is 1. The minimum Gasteiger partial charge on any atom is -0.483 e. The molecule has 30 heavy (non-hydrogen) atoms. The van der Waals surface area contributed by atoms with Crippen LogP contribution in [0.5, 0.6) is 5.75 Å². The molecule has 0 unspecified atom stereocenters. The van der Waals surface area contributed by atoms with Crippen LogP contribution in [-0.2, 0) is 4.79 Å². The molecular formula is C21H14BrN3O4S. The lowest BCUT2D eigenvalue weighted by molar-refractivity contribution is -0.384. The maximum Gasteiger partial charge on any atom is 0.270 e. The normalized spacial score (nSPS) is 10.7. The van der Waals surface area contributed by atoms with E-state index in [4.69, 9.17) is 4.74 Å². The van der Waals surface area contributed by atoms with E-state index >= 15 is 0 Å². The summed E-state index contributed by atoms with van der Waals surface area (Å²) in [5.74, 6) is 0.173. The number of aromatic nitrogens is 1. The van der Waals surface area contributed by atoms with Crippen LogP contribution in [0.4, 0.5) is 10.8 Å². The number of amides is 1. The number of hydrogen-bond acceptors (Lipinski definition) is 6.